The van der Waals surface area contributed by atoms with Crippen molar-refractivity contribution >= 4 is 11.9 Å². The minimum atomic E-state index is -0.904. The van der Waals surface area contributed by atoms with Crippen LogP contribution in [0, 0.1) is 13.8 Å². The SMILES string of the molecule is CCC(CC)(CC(=O)O)NC(=O)Cc1c(C)nn(-c2ccccc2)c1C. The summed E-state index contributed by atoms with van der Waals surface area (Å²) in [4.78, 5) is 23.8. The molecule has 0 aliphatic carbocycles. The average Bonchev–Trinajstić information content (AvgIpc) is 2.89. The zero-order valence-corrected chi connectivity index (χ0v) is 15.9. The van der Waals surface area contributed by atoms with Gasteiger partial charge in [0.15, 0.2) is 0 Å². The summed E-state index contributed by atoms with van der Waals surface area (Å²) in [6, 6.07) is 9.77. The van der Waals surface area contributed by atoms with Crippen LogP contribution in [-0.4, -0.2) is 32.3 Å². The number of aryl methyl sites for hydroxylation is 1. The van der Waals surface area contributed by atoms with Gasteiger partial charge in [0.1, 0.15) is 0 Å². The molecule has 0 atom stereocenters. The number of aliphatic carboxylic acids is 1. The molecule has 2 aromatic rings. The molecule has 1 aromatic heterocycles. The summed E-state index contributed by atoms with van der Waals surface area (Å²) < 4.78 is 1.84. The van der Waals surface area contributed by atoms with E-state index in [2.05, 4.69) is 10.4 Å². The van der Waals surface area contributed by atoms with Crippen LogP contribution in [-0.2, 0) is 16.0 Å². The average molecular weight is 357 g/mol. The van der Waals surface area contributed by atoms with E-state index in [0.29, 0.717) is 12.8 Å². The van der Waals surface area contributed by atoms with Gasteiger partial charge in [-0.3, -0.25) is 9.59 Å². The largest absolute Gasteiger partial charge is 0.481 e. The normalized spacial score (nSPS) is 11.4. The maximum Gasteiger partial charge on any atom is 0.305 e. The molecular weight excluding hydrogens is 330 g/mol. The predicted octanol–water partition coefficient (Wildman–Crippen LogP) is 3.18. The van der Waals surface area contributed by atoms with E-state index >= 15 is 0 Å². The summed E-state index contributed by atoms with van der Waals surface area (Å²) in [7, 11) is 0. The van der Waals surface area contributed by atoms with Crippen molar-refractivity contribution in [1.82, 2.24) is 15.1 Å². The second-order valence-electron chi connectivity index (χ2n) is 6.68. The Labute approximate surface area is 154 Å². The molecule has 0 saturated heterocycles. The second-order valence-corrected chi connectivity index (χ2v) is 6.68. The molecular formula is C20H27N3O3. The van der Waals surface area contributed by atoms with Crippen LogP contribution in [0.5, 0.6) is 0 Å². The fourth-order valence-electron chi connectivity index (χ4n) is 3.26. The van der Waals surface area contributed by atoms with E-state index in [-0.39, 0.29) is 18.7 Å². The van der Waals surface area contributed by atoms with Gasteiger partial charge < -0.3 is 10.4 Å². The highest BCUT2D eigenvalue weighted by Gasteiger charge is 2.31. The van der Waals surface area contributed by atoms with E-state index in [4.69, 9.17) is 5.11 Å². The summed E-state index contributed by atoms with van der Waals surface area (Å²) in [6.07, 6.45) is 1.25. The van der Waals surface area contributed by atoms with Gasteiger partial charge >= 0.3 is 5.97 Å². The highest BCUT2D eigenvalue weighted by Crippen LogP contribution is 2.22. The first-order valence-corrected chi connectivity index (χ1v) is 8.95. The van der Waals surface area contributed by atoms with Gasteiger partial charge in [0.2, 0.25) is 5.91 Å². The number of hydrogen-bond acceptors (Lipinski definition) is 3. The number of carboxylic acids is 1. The minimum Gasteiger partial charge on any atom is -0.481 e. The van der Waals surface area contributed by atoms with Crippen LogP contribution in [0.25, 0.3) is 5.69 Å². The Kier molecular flexibility index (Phi) is 6.18. The molecule has 2 rings (SSSR count). The van der Waals surface area contributed by atoms with Gasteiger partial charge in [-0.1, -0.05) is 32.0 Å². The summed E-state index contributed by atoms with van der Waals surface area (Å²) in [6.45, 7) is 7.63. The number of nitrogens with zero attached hydrogens (tertiary/aromatic N) is 2. The number of carbonyl (C=O) groups excluding carboxylic acids is 1. The van der Waals surface area contributed by atoms with Crippen LogP contribution >= 0.6 is 0 Å². The Morgan fingerprint density at radius 1 is 1.15 bits per heavy atom. The number of carbonyl (C=O) groups is 2. The van der Waals surface area contributed by atoms with Crippen LogP contribution < -0.4 is 5.32 Å². The van der Waals surface area contributed by atoms with E-state index in [1.165, 1.54) is 0 Å². The van der Waals surface area contributed by atoms with Gasteiger partial charge in [-0.2, -0.15) is 5.10 Å². The lowest BCUT2D eigenvalue weighted by molar-refractivity contribution is -0.139. The predicted molar refractivity (Wildman–Crippen MR) is 100 cm³/mol. The van der Waals surface area contributed by atoms with Crippen molar-refractivity contribution in [3.8, 4) is 5.69 Å². The van der Waals surface area contributed by atoms with Crippen LogP contribution in [0.3, 0.4) is 0 Å². The highest BCUT2D eigenvalue weighted by atomic mass is 16.4. The van der Waals surface area contributed by atoms with Crippen molar-refractivity contribution < 1.29 is 14.7 Å². The summed E-state index contributed by atoms with van der Waals surface area (Å²) >= 11 is 0. The lowest BCUT2D eigenvalue weighted by atomic mass is 9.88. The van der Waals surface area contributed by atoms with Crippen molar-refractivity contribution in [3.63, 3.8) is 0 Å². The molecule has 0 radical (unpaired) electrons. The van der Waals surface area contributed by atoms with Gasteiger partial charge in [0.05, 0.1) is 24.2 Å². The molecule has 1 aromatic carbocycles. The Morgan fingerprint density at radius 3 is 2.31 bits per heavy atom. The Hall–Kier alpha value is -2.63. The fourth-order valence-corrected chi connectivity index (χ4v) is 3.26. The quantitative estimate of drug-likeness (QED) is 0.760. The monoisotopic (exact) mass is 357 g/mol. The van der Waals surface area contributed by atoms with Crippen LogP contribution in [0.1, 0.15) is 50.1 Å². The lowest BCUT2D eigenvalue weighted by Crippen LogP contribution is -2.49. The molecule has 6 heteroatoms. The Balaban J connectivity index is 2.21. The van der Waals surface area contributed by atoms with Gasteiger partial charge in [-0.05, 0) is 38.8 Å². The summed E-state index contributed by atoms with van der Waals surface area (Å²) in [5.74, 6) is -1.08. The summed E-state index contributed by atoms with van der Waals surface area (Å²) in [5.41, 5.74) is 2.84. The standard InChI is InChI=1S/C20H27N3O3/c1-5-20(6-2,13-19(25)26)21-18(24)12-17-14(3)22-23(15(17)4)16-10-8-7-9-11-16/h7-11H,5-6,12-13H2,1-4H3,(H,21,24)(H,25,26). The van der Waals surface area contributed by atoms with E-state index in [0.717, 1.165) is 22.6 Å². The Bertz CT molecular complexity index is 777. The molecule has 2 N–H and O–H groups in total. The number of amides is 1. The zero-order chi connectivity index (χ0) is 19.3. The van der Waals surface area contributed by atoms with Crippen molar-refractivity contribution in [2.24, 2.45) is 0 Å². The van der Waals surface area contributed by atoms with Crippen molar-refractivity contribution in [3.05, 3.63) is 47.3 Å². The third-order valence-electron chi connectivity index (χ3n) is 5.03. The van der Waals surface area contributed by atoms with Crippen LogP contribution in [0.15, 0.2) is 30.3 Å². The first kappa shape index (κ1) is 19.7. The van der Waals surface area contributed by atoms with Crippen molar-refractivity contribution in [2.75, 3.05) is 0 Å². The molecule has 6 nitrogen and oxygen atoms in total. The maximum atomic E-state index is 12.6. The number of benzene rings is 1. The molecule has 0 bridgehead atoms. The molecule has 0 aliphatic rings. The number of rotatable bonds is 8. The van der Waals surface area contributed by atoms with Crippen molar-refractivity contribution in [2.45, 2.75) is 58.9 Å². The van der Waals surface area contributed by atoms with E-state index in [9.17, 15) is 9.59 Å². The molecule has 1 heterocycles. The number of para-hydroxylation sites is 1. The smallest absolute Gasteiger partial charge is 0.305 e. The zero-order valence-electron chi connectivity index (χ0n) is 15.9. The number of hydrogen-bond donors (Lipinski definition) is 2. The van der Waals surface area contributed by atoms with Crippen molar-refractivity contribution in [1.29, 1.82) is 0 Å². The van der Waals surface area contributed by atoms with E-state index in [1.54, 1.807) is 0 Å². The lowest BCUT2D eigenvalue weighted by Gasteiger charge is -2.31. The molecule has 26 heavy (non-hydrogen) atoms. The third kappa shape index (κ3) is 4.31. The van der Waals surface area contributed by atoms with Gasteiger partial charge in [-0.15, -0.1) is 0 Å². The maximum absolute atomic E-state index is 12.6. The minimum absolute atomic E-state index is 0.0764. The van der Waals surface area contributed by atoms with E-state index < -0.39 is 11.5 Å². The van der Waals surface area contributed by atoms with Crippen LogP contribution in [0.2, 0.25) is 0 Å². The number of carboxylic acid groups (broad SMARTS) is 1. The van der Waals surface area contributed by atoms with Gasteiger partial charge in [0, 0.05) is 16.8 Å². The number of aromatic nitrogens is 2. The molecule has 0 fully saturated rings. The summed E-state index contributed by atoms with van der Waals surface area (Å²) in [5, 5.41) is 16.7. The first-order chi connectivity index (χ1) is 12.3. The third-order valence-corrected chi connectivity index (χ3v) is 5.03. The molecule has 0 saturated carbocycles. The number of nitrogens with one attached hydrogen (secondary N) is 1. The van der Waals surface area contributed by atoms with Gasteiger partial charge in [0.25, 0.3) is 0 Å². The molecule has 140 valence electrons. The fraction of sp³-hybridized carbons (Fsp3) is 0.450. The second kappa shape index (κ2) is 8.17. The molecule has 0 aliphatic heterocycles. The molecule has 0 unspecified atom stereocenters. The van der Waals surface area contributed by atoms with E-state index in [1.807, 2.05) is 62.7 Å². The molecule has 1 amide bonds. The first-order valence-electron chi connectivity index (χ1n) is 8.95. The topological polar surface area (TPSA) is 84.2 Å². The Morgan fingerprint density at radius 2 is 1.77 bits per heavy atom. The van der Waals surface area contributed by atoms with Crippen LogP contribution in [0.4, 0.5) is 0 Å². The molecule has 0 spiro atoms. The highest BCUT2D eigenvalue weighted by molar-refractivity contribution is 5.81. The van der Waals surface area contributed by atoms with Gasteiger partial charge in [-0.25, -0.2) is 4.68 Å².